The zero-order chi connectivity index (χ0) is 17.6. The van der Waals surface area contributed by atoms with Gasteiger partial charge >= 0.3 is 12.0 Å². The van der Waals surface area contributed by atoms with Gasteiger partial charge < -0.3 is 19.4 Å². The number of carbonyl (C=O) groups is 2. The summed E-state index contributed by atoms with van der Waals surface area (Å²) in [6.07, 6.45) is 7.26. The largest absolute Gasteiger partial charge is 0.467 e. The molecule has 3 rings (SSSR count). The Morgan fingerprint density at radius 1 is 1.28 bits per heavy atom. The summed E-state index contributed by atoms with van der Waals surface area (Å²) in [5.41, 5.74) is 0. The van der Waals surface area contributed by atoms with E-state index < -0.39 is 0 Å². The second-order valence-electron chi connectivity index (χ2n) is 7.02. The van der Waals surface area contributed by atoms with E-state index in [0.717, 1.165) is 50.8 Å². The minimum Gasteiger partial charge on any atom is -0.467 e. The van der Waals surface area contributed by atoms with E-state index in [2.05, 4.69) is 5.32 Å². The first-order chi connectivity index (χ1) is 12.2. The molecule has 0 bridgehead atoms. The Hall–Kier alpha value is -1.98. The molecular formula is C19H28N2O4. The lowest BCUT2D eigenvalue weighted by Gasteiger charge is -2.29. The molecule has 1 saturated carbocycles. The van der Waals surface area contributed by atoms with Crippen molar-refractivity contribution in [3.63, 3.8) is 0 Å². The van der Waals surface area contributed by atoms with Gasteiger partial charge in [-0.15, -0.1) is 0 Å². The maximum Gasteiger partial charge on any atom is 0.318 e. The Morgan fingerprint density at radius 2 is 2.08 bits per heavy atom. The number of ether oxygens (including phenoxy) is 1. The van der Waals surface area contributed by atoms with Gasteiger partial charge in [-0.05, 0) is 63.5 Å². The van der Waals surface area contributed by atoms with E-state index in [4.69, 9.17) is 9.15 Å². The fourth-order valence-electron chi connectivity index (χ4n) is 3.98. The number of furan rings is 1. The second kappa shape index (κ2) is 8.41. The Bertz CT molecular complexity index is 564. The van der Waals surface area contributed by atoms with Crippen molar-refractivity contribution >= 4 is 12.0 Å². The summed E-state index contributed by atoms with van der Waals surface area (Å²) in [6.45, 7) is 3.73. The average molecular weight is 348 g/mol. The molecule has 1 aliphatic heterocycles. The van der Waals surface area contributed by atoms with Crippen LogP contribution in [0.15, 0.2) is 22.8 Å². The van der Waals surface area contributed by atoms with Crippen molar-refractivity contribution in [3.05, 3.63) is 24.2 Å². The van der Waals surface area contributed by atoms with Gasteiger partial charge in [-0.25, -0.2) is 4.79 Å². The molecule has 1 aliphatic carbocycles. The van der Waals surface area contributed by atoms with Gasteiger partial charge in [-0.3, -0.25) is 4.79 Å². The molecule has 0 radical (unpaired) electrons. The number of amides is 2. The Balaban J connectivity index is 1.43. The van der Waals surface area contributed by atoms with Gasteiger partial charge in [-0.1, -0.05) is 0 Å². The highest BCUT2D eigenvalue weighted by molar-refractivity contribution is 5.75. The average Bonchev–Trinajstić information content (AvgIpc) is 3.31. The molecule has 0 spiro atoms. The van der Waals surface area contributed by atoms with E-state index in [1.165, 1.54) is 0 Å². The predicted octanol–water partition coefficient (Wildman–Crippen LogP) is 3.50. The van der Waals surface area contributed by atoms with Crippen LogP contribution in [0.3, 0.4) is 0 Å². The first-order valence-corrected chi connectivity index (χ1v) is 9.43. The number of carbonyl (C=O) groups excluding carboxylic acids is 2. The van der Waals surface area contributed by atoms with Crippen molar-refractivity contribution in [2.45, 2.75) is 51.5 Å². The zero-order valence-corrected chi connectivity index (χ0v) is 14.9. The van der Waals surface area contributed by atoms with Gasteiger partial charge in [0.25, 0.3) is 0 Å². The van der Waals surface area contributed by atoms with Crippen molar-refractivity contribution < 1.29 is 18.7 Å². The molecule has 1 aromatic heterocycles. The van der Waals surface area contributed by atoms with Crippen molar-refractivity contribution in [3.8, 4) is 0 Å². The lowest BCUT2D eigenvalue weighted by atomic mass is 9.82. The fraction of sp³-hybridized carbons (Fsp3) is 0.684. The minimum atomic E-state index is -0.0664. The molecule has 2 amide bonds. The quantitative estimate of drug-likeness (QED) is 0.827. The number of hydrogen-bond donors (Lipinski definition) is 1. The minimum absolute atomic E-state index is 0.00795. The van der Waals surface area contributed by atoms with Crippen LogP contribution in [0.25, 0.3) is 0 Å². The second-order valence-corrected chi connectivity index (χ2v) is 7.02. The van der Waals surface area contributed by atoms with Crippen LogP contribution in [0.1, 0.15) is 57.3 Å². The first-order valence-electron chi connectivity index (χ1n) is 9.43. The van der Waals surface area contributed by atoms with Crippen LogP contribution in [0.4, 0.5) is 4.79 Å². The van der Waals surface area contributed by atoms with Gasteiger partial charge in [0.2, 0.25) is 0 Å². The molecule has 25 heavy (non-hydrogen) atoms. The van der Waals surface area contributed by atoms with Gasteiger partial charge in [0, 0.05) is 13.1 Å². The van der Waals surface area contributed by atoms with E-state index in [0.29, 0.717) is 19.1 Å². The van der Waals surface area contributed by atoms with Crippen molar-refractivity contribution in [1.29, 1.82) is 0 Å². The van der Waals surface area contributed by atoms with E-state index in [1.807, 2.05) is 24.0 Å². The molecule has 1 atom stereocenters. The maximum absolute atomic E-state index is 12.6. The molecule has 0 unspecified atom stereocenters. The Kier molecular flexibility index (Phi) is 6.00. The molecule has 2 fully saturated rings. The van der Waals surface area contributed by atoms with Crippen LogP contribution in [-0.4, -0.2) is 36.6 Å². The highest BCUT2D eigenvalue weighted by atomic mass is 16.5. The molecule has 1 saturated heterocycles. The Morgan fingerprint density at radius 3 is 2.76 bits per heavy atom. The summed E-state index contributed by atoms with van der Waals surface area (Å²) >= 11 is 0. The number of hydrogen-bond acceptors (Lipinski definition) is 4. The number of nitrogens with one attached hydrogen (secondary N) is 1. The predicted molar refractivity (Wildman–Crippen MR) is 92.9 cm³/mol. The van der Waals surface area contributed by atoms with Crippen LogP contribution in [-0.2, 0) is 9.53 Å². The number of nitrogens with zero attached hydrogens (tertiary/aromatic N) is 1. The molecular weight excluding hydrogens is 320 g/mol. The lowest BCUT2D eigenvalue weighted by molar-refractivity contribution is -0.149. The monoisotopic (exact) mass is 348 g/mol. The van der Waals surface area contributed by atoms with Gasteiger partial charge in [0.05, 0.1) is 24.8 Å². The van der Waals surface area contributed by atoms with Crippen molar-refractivity contribution in [1.82, 2.24) is 10.2 Å². The van der Waals surface area contributed by atoms with E-state index in [-0.39, 0.29) is 24.0 Å². The van der Waals surface area contributed by atoms with Crippen LogP contribution < -0.4 is 5.32 Å². The van der Waals surface area contributed by atoms with Gasteiger partial charge in [0.15, 0.2) is 0 Å². The van der Waals surface area contributed by atoms with Gasteiger partial charge in [0.1, 0.15) is 5.76 Å². The summed E-state index contributed by atoms with van der Waals surface area (Å²) < 4.78 is 10.6. The Labute approximate surface area is 148 Å². The van der Waals surface area contributed by atoms with E-state index in [1.54, 1.807) is 6.26 Å². The van der Waals surface area contributed by atoms with E-state index in [9.17, 15) is 9.59 Å². The summed E-state index contributed by atoms with van der Waals surface area (Å²) in [5.74, 6) is 1.28. The topological polar surface area (TPSA) is 71.8 Å². The third-order valence-corrected chi connectivity index (χ3v) is 5.39. The van der Waals surface area contributed by atoms with Crippen LogP contribution >= 0.6 is 0 Å². The summed E-state index contributed by atoms with van der Waals surface area (Å²) in [7, 11) is 0. The molecule has 0 aromatic carbocycles. The highest BCUT2D eigenvalue weighted by Gasteiger charge is 2.32. The SMILES string of the molecule is CCOC(=O)C1CCC(CNC(=O)N2CCC[C@@H]2c2ccco2)CC1. The number of urea groups is 1. The third-order valence-electron chi connectivity index (χ3n) is 5.39. The summed E-state index contributed by atoms with van der Waals surface area (Å²) in [6, 6.07) is 3.85. The third kappa shape index (κ3) is 4.35. The first kappa shape index (κ1) is 17.8. The normalized spacial score (nSPS) is 26.4. The van der Waals surface area contributed by atoms with Crippen LogP contribution in [0, 0.1) is 11.8 Å². The maximum atomic E-state index is 12.6. The van der Waals surface area contributed by atoms with E-state index >= 15 is 0 Å². The molecule has 2 aliphatic rings. The molecule has 2 heterocycles. The molecule has 6 nitrogen and oxygen atoms in total. The molecule has 1 aromatic rings. The highest BCUT2D eigenvalue weighted by Crippen LogP contribution is 2.32. The molecule has 6 heteroatoms. The van der Waals surface area contributed by atoms with Crippen molar-refractivity contribution in [2.75, 3.05) is 19.7 Å². The number of esters is 1. The van der Waals surface area contributed by atoms with Crippen molar-refractivity contribution in [2.24, 2.45) is 11.8 Å². The van der Waals surface area contributed by atoms with Gasteiger partial charge in [-0.2, -0.15) is 0 Å². The lowest BCUT2D eigenvalue weighted by Crippen LogP contribution is -2.42. The molecule has 138 valence electrons. The fourth-order valence-corrected chi connectivity index (χ4v) is 3.98. The summed E-state index contributed by atoms with van der Waals surface area (Å²) in [4.78, 5) is 26.2. The van der Waals surface area contributed by atoms with Crippen LogP contribution in [0.2, 0.25) is 0 Å². The number of rotatable bonds is 5. The standard InChI is InChI=1S/C19H28N2O4/c1-2-24-18(22)15-9-7-14(8-10-15)13-20-19(23)21-11-3-5-16(21)17-6-4-12-25-17/h4,6,12,14-16H,2-3,5,7-11,13H2,1H3,(H,20,23)/t14?,15?,16-/m1/s1. The van der Waals surface area contributed by atoms with Crippen LogP contribution in [0.5, 0.6) is 0 Å². The zero-order valence-electron chi connectivity index (χ0n) is 14.9. The smallest absolute Gasteiger partial charge is 0.318 e. The number of likely N-dealkylation sites (tertiary alicyclic amines) is 1. The molecule has 1 N–H and O–H groups in total. The summed E-state index contributed by atoms with van der Waals surface area (Å²) in [5, 5.41) is 3.08.